The molecule has 3 bridgehead atoms. The number of rotatable bonds is 3. The van der Waals surface area contributed by atoms with E-state index in [4.69, 9.17) is 4.42 Å². The molecule has 3 aliphatic carbocycles. The van der Waals surface area contributed by atoms with E-state index in [0.717, 1.165) is 23.7 Å². The fourth-order valence-electron chi connectivity index (χ4n) is 5.63. The summed E-state index contributed by atoms with van der Waals surface area (Å²) in [6, 6.07) is 1.71. The first kappa shape index (κ1) is 15.4. The second-order valence-electron chi connectivity index (χ2n) is 7.64. The van der Waals surface area contributed by atoms with E-state index in [1.54, 1.807) is 0 Å². The molecular weight excluding hydrogens is 358 g/mol. The second kappa shape index (κ2) is 5.76. The van der Waals surface area contributed by atoms with Gasteiger partial charge in [0, 0.05) is 6.04 Å². The summed E-state index contributed by atoms with van der Waals surface area (Å²) in [6.07, 6.45) is 8.08. The summed E-state index contributed by atoms with van der Waals surface area (Å²) in [5.41, 5.74) is -0.0650. The molecule has 1 amide bonds. The largest absolute Gasteiger partial charge is 0.430 e. The van der Waals surface area contributed by atoms with Crippen molar-refractivity contribution >= 4 is 21.8 Å². The van der Waals surface area contributed by atoms with Crippen molar-refractivity contribution in [3.05, 3.63) is 32.8 Å². The van der Waals surface area contributed by atoms with E-state index in [0.29, 0.717) is 11.5 Å². The Morgan fingerprint density at radius 3 is 2.83 bits per heavy atom. The molecule has 1 heterocycles. The molecule has 0 spiro atoms. The lowest BCUT2D eigenvalue weighted by molar-refractivity contribution is 0.0518. The van der Waals surface area contributed by atoms with Gasteiger partial charge in [-0.15, -0.1) is 0 Å². The Hall–Kier alpha value is -1.10. The molecule has 5 heteroatoms. The van der Waals surface area contributed by atoms with E-state index in [9.17, 15) is 9.59 Å². The second-order valence-corrected chi connectivity index (χ2v) is 8.50. The van der Waals surface area contributed by atoms with Crippen molar-refractivity contribution in [3.63, 3.8) is 0 Å². The van der Waals surface area contributed by atoms with Crippen LogP contribution in [0.2, 0.25) is 0 Å². The third-order valence-electron chi connectivity index (χ3n) is 6.40. The fourth-order valence-corrected chi connectivity index (χ4v) is 5.97. The molecule has 4 rings (SSSR count). The Morgan fingerprint density at radius 1 is 1.30 bits per heavy atom. The third kappa shape index (κ3) is 2.67. The number of hydrogen-bond donors (Lipinski definition) is 1. The standard InChI is InChI=1S/C18H22BrNO3/c1-9(20-17(21)13-7-15(19)18(22)23-8-13)16-12-3-2-11-4-10(5-12)6-14(11)16/h7-12,14,16H,2-6H2,1H3,(H,20,21)/t9-,10-,11+,12-,14+,16+/m0/s1. The predicted molar refractivity (Wildman–Crippen MR) is 90.1 cm³/mol. The quantitative estimate of drug-likeness (QED) is 0.872. The molecule has 124 valence electrons. The molecule has 0 saturated heterocycles. The van der Waals surface area contributed by atoms with Gasteiger partial charge in [0.1, 0.15) is 10.7 Å². The molecule has 3 aliphatic rings. The first-order valence-corrected chi connectivity index (χ1v) is 9.41. The van der Waals surface area contributed by atoms with Crippen LogP contribution in [-0.2, 0) is 0 Å². The summed E-state index contributed by atoms with van der Waals surface area (Å²) < 4.78 is 5.16. The zero-order valence-electron chi connectivity index (χ0n) is 13.3. The molecule has 1 N–H and O–H groups in total. The van der Waals surface area contributed by atoms with Crippen LogP contribution in [0, 0.1) is 29.6 Å². The number of carbonyl (C=O) groups is 1. The minimum absolute atomic E-state index is 0.155. The maximum atomic E-state index is 12.5. The van der Waals surface area contributed by atoms with Gasteiger partial charge in [-0.1, -0.05) is 0 Å². The Balaban J connectivity index is 1.49. The smallest absolute Gasteiger partial charge is 0.350 e. The van der Waals surface area contributed by atoms with Gasteiger partial charge in [-0.3, -0.25) is 4.79 Å². The average molecular weight is 380 g/mol. The molecule has 3 fully saturated rings. The van der Waals surface area contributed by atoms with Crippen LogP contribution in [0.3, 0.4) is 0 Å². The molecule has 6 atom stereocenters. The highest BCUT2D eigenvalue weighted by atomic mass is 79.9. The van der Waals surface area contributed by atoms with E-state index in [1.165, 1.54) is 44.4 Å². The summed E-state index contributed by atoms with van der Waals surface area (Å²) >= 11 is 3.12. The van der Waals surface area contributed by atoms with Gasteiger partial charge in [0.15, 0.2) is 0 Å². The van der Waals surface area contributed by atoms with E-state index < -0.39 is 5.63 Å². The molecule has 0 aliphatic heterocycles. The summed E-state index contributed by atoms with van der Waals surface area (Å²) in [5.74, 6) is 3.84. The average Bonchev–Trinajstić information content (AvgIpc) is 2.72. The summed E-state index contributed by atoms with van der Waals surface area (Å²) in [4.78, 5) is 23.8. The van der Waals surface area contributed by atoms with Crippen molar-refractivity contribution in [1.29, 1.82) is 0 Å². The van der Waals surface area contributed by atoms with Crippen LogP contribution in [0.15, 0.2) is 26.0 Å². The number of amides is 1. The fraction of sp³-hybridized carbons (Fsp3) is 0.667. The minimum atomic E-state index is -0.462. The Labute approximate surface area is 144 Å². The van der Waals surface area contributed by atoms with Crippen LogP contribution < -0.4 is 10.9 Å². The maximum absolute atomic E-state index is 12.5. The van der Waals surface area contributed by atoms with E-state index in [1.807, 2.05) is 0 Å². The van der Waals surface area contributed by atoms with E-state index in [-0.39, 0.29) is 16.4 Å². The van der Waals surface area contributed by atoms with Crippen molar-refractivity contribution in [2.45, 2.75) is 45.1 Å². The van der Waals surface area contributed by atoms with E-state index >= 15 is 0 Å². The molecule has 4 nitrogen and oxygen atoms in total. The van der Waals surface area contributed by atoms with Crippen LogP contribution in [-0.4, -0.2) is 11.9 Å². The van der Waals surface area contributed by atoms with Crippen molar-refractivity contribution in [3.8, 4) is 0 Å². The van der Waals surface area contributed by atoms with Crippen molar-refractivity contribution in [2.75, 3.05) is 0 Å². The highest BCUT2D eigenvalue weighted by Crippen LogP contribution is 2.58. The van der Waals surface area contributed by atoms with Gasteiger partial charge in [0.05, 0.1) is 5.56 Å². The lowest BCUT2D eigenvalue weighted by Crippen LogP contribution is -2.48. The maximum Gasteiger partial charge on any atom is 0.350 e. The summed E-state index contributed by atoms with van der Waals surface area (Å²) in [5, 5.41) is 3.16. The highest BCUT2D eigenvalue weighted by Gasteiger charge is 2.51. The molecule has 0 radical (unpaired) electrons. The predicted octanol–water partition coefficient (Wildman–Crippen LogP) is 3.59. The third-order valence-corrected chi connectivity index (χ3v) is 6.95. The van der Waals surface area contributed by atoms with E-state index in [2.05, 4.69) is 28.2 Å². The lowest BCUT2D eigenvalue weighted by Gasteiger charge is -2.45. The molecule has 1 aromatic heterocycles. The number of halogens is 1. The first-order valence-electron chi connectivity index (χ1n) is 8.62. The van der Waals surface area contributed by atoms with Gasteiger partial charge in [0.25, 0.3) is 5.91 Å². The van der Waals surface area contributed by atoms with Crippen molar-refractivity contribution in [1.82, 2.24) is 5.32 Å². The zero-order chi connectivity index (χ0) is 16.1. The van der Waals surface area contributed by atoms with Gasteiger partial charge in [-0.2, -0.15) is 0 Å². The van der Waals surface area contributed by atoms with Gasteiger partial charge < -0.3 is 9.73 Å². The molecule has 0 aromatic carbocycles. The number of fused-ring (bicyclic) bond motifs is 2. The molecule has 3 saturated carbocycles. The highest BCUT2D eigenvalue weighted by molar-refractivity contribution is 9.10. The first-order chi connectivity index (χ1) is 11.0. The molecule has 1 aromatic rings. The van der Waals surface area contributed by atoms with Crippen LogP contribution in [0.4, 0.5) is 0 Å². The Morgan fingerprint density at radius 2 is 2.04 bits per heavy atom. The number of hydrogen-bond acceptors (Lipinski definition) is 3. The van der Waals surface area contributed by atoms with Gasteiger partial charge in [-0.25, -0.2) is 4.79 Å². The van der Waals surface area contributed by atoms with Gasteiger partial charge >= 0.3 is 5.63 Å². The van der Waals surface area contributed by atoms with Crippen molar-refractivity contribution < 1.29 is 9.21 Å². The number of carbonyl (C=O) groups excluding carboxylic acids is 1. The van der Waals surface area contributed by atoms with Crippen LogP contribution >= 0.6 is 15.9 Å². The Kier molecular flexibility index (Phi) is 3.87. The molecular formula is C18H22BrNO3. The van der Waals surface area contributed by atoms with Crippen LogP contribution in [0.5, 0.6) is 0 Å². The normalized spacial score (nSPS) is 36.0. The van der Waals surface area contributed by atoms with Gasteiger partial charge in [0.2, 0.25) is 0 Å². The molecule has 23 heavy (non-hydrogen) atoms. The van der Waals surface area contributed by atoms with Gasteiger partial charge in [-0.05, 0) is 90.6 Å². The Bertz CT molecular complexity index is 685. The summed E-state index contributed by atoms with van der Waals surface area (Å²) in [7, 11) is 0. The summed E-state index contributed by atoms with van der Waals surface area (Å²) in [6.45, 7) is 2.14. The van der Waals surface area contributed by atoms with Crippen LogP contribution in [0.1, 0.15) is 49.4 Å². The SMILES string of the molecule is C[C@H](NC(=O)c1coc(=O)c(Br)c1)[C@@H]1[C@H]2CC[C@@H]3C[C@@H](C2)C[C@H]31. The molecule has 0 unspecified atom stereocenters. The van der Waals surface area contributed by atoms with Crippen molar-refractivity contribution in [2.24, 2.45) is 29.6 Å². The van der Waals surface area contributed by atoms with Crippen LogP contribution in [0.25, 0.3) is 0 Å². The topological polar surface area (TPSA) is 59.3 Å². The zero-order valence-corrected chi connectivity index (χ0v) is 14.8. The minimum Gasteiger partial charge on any atom is -0.430 e. The monoisotopic (exact) mass is 379 g/mol. The number of nitrogens with one attached hydrogen (secondary N) is 1. The lowest BCUT2D eigenvalue weighted by atomic mass is 9.62.